The van der Waals surface area contributed by atoms with E-state index in [2.05, 4.69) is 23.8 Å². The maximum atomic E-state index is 6.15. The molecule has 110 valence electrons. The second-order valence-corrected chi connectivity index (χ2v) is 7.15. The number of aromatic nitrogens is 2. The van der Waals surface area contributed by atoms with E-state index in [1.54, 1.807) is 0 Å². The van der Waals surface area contributed by atoms with Crippen molar-refractivity contribution in [2.24, 2.45) is 5.41 Å². The van der Waals surface area contributed by atoms with Gasteiger partial charge in [0.05, 0.1) is 5.56 Å². The number of ether oxygens (including phenoxy) is 1. The van der Waals surface area contributed by atoms with Crippen LogP contribution in [-0.2, 0) is 0 Å². The lowest BCUT2D eigenvalue weighted by molar-refractivity contribution is 0.0940. The molecule has 0 spiro atoms. The Labute approximate surface area is 121 Å². The van der Waals surface area contributed by atoms with E-state index in [9.17, 15) is 0 Å². The van der Waals surface area contributed by atoms with E-state index >= 15 is 0 Å². The van der Waals surface area contributed by atoms with Crippen LogP contribution in [0.2, 0.25) is 0 Å². The van der Waals surface area contributed by atoms with E-state index in [0.29, 0.717) is 23.0 Å². The predicted molar refractivity (Wildman–Crippen MR) is 79.8 cm³/mol. The molecule has 0 atom stereocenters. The molecule has 2 fully saturated rings. The summed E-state index contributed by atoms with van der Waals surface area (Å²) in [6.07, 6.45) is 7.28. The third-order valence-corrected chi connectivity index (χ3v) is 4.66. The number of nitrogens with two attached hydrogens (primary N) is 1. The molecule has 2 saturated carbocycles. The SMILES string of the molecule is Cc1c(N)nc(C2CC2)nc1OC1CCC(C)(C)CC1. The van der Waals surface area contributed by atoms with Crippen molar-refractivity contribution in [1.29, 1.82) is 0 Å². The van der Waals surface area contributed by atoms with Gasteiger partial charge in [-0.2, -0.15) is 4.98 Å². The molecule has 1 heterocycles. The van der Waals surface area contributed by atoms with Gasteiger partial charge < -0.3 is 10.5 Å². The van der Waals surface area contributed by atoms with Gasteiger partial charge in [0.2, 0.25) is 5.88 Å². The van der Waals surface area contributed by atoms with Crippen LogP contribution in [0.15, 0.2) is 0 Å². The lowest BCUT2D eigenvalue weighted by Crippen LogP contribution is -2.29. The first-order valence-corrected chi connectivity index (χ1v) is 7.75. The number of rotatable bonds is 3. The number of nitrogen functional groups attached to an aromatic ring is 1. The van der Waals surface area contributed by atoms with E-state index in [-0.39, 0.29) is 6.10 Å². The van der Waals surface area contributed by atoms with Crippen LogP contribution in [-0.4, -0.2) is 16.1 Å². The molecule has 0 radical (unpaired) electrons. The van der Waals surface area contributed by atoms with Gasteiger partial charge in [-0.05, 0) is 50.9 Å². The maximum absolute atomic E-state index is 6.15. The molecule has 4 nitrogen and oxygen atoms in total. The Morgan fingerprint density at radius 2 is 1.75 bits per heavy atom. The molecular weight excluding hydrogens is 250 g/mol. The Balaban J connectivity index is 1.73. The number of anilines is 1. The van der Waals surface area contributed by atoms with Crippen molar-refractivity contribution < 1.29 is 4.74 Å². The molecule has 1 aromatic heterocycles. The average molecular weight is 275 g/mol. The van der Waals surface area contributed by atoms with Crippen molar-refractivity contribution in [3.8, 4) is 5.88 Å². The van der Waals surface area contributed by atoms with E-state index in [1.165, 1.54) is 25.7 Å². The molecule has 0 bridgehead atoms. The van der Waals surface area contributed by atoms with E-state index in [0.717, 1.165) is 24.2 Å². The highest BCUT2D eigenvalue weighted by Gasteiger charge is 2.30. The highest BCUT2D eigenvalue weighted by Crippen LogP contribution is 2.40. The minimum absolute atomic E-state index is 0.281. The molecule has 4 heteroatoms. The average Bonchev–Trinajstić information content (AvgIpc) is 3.21. The van der Waals surface area contributed by atoms with Crippen molar-refractivity contribution >= 4 is 5.82 Å². The quantitative estimate of drug-likeness (QED) is 0.915. The second-order valence-electron chi connectivity index (χ2n) is 7.15. The van der Waals surface area contributed by atoms with E-state index < -0.39 is 0 Å². The van der Waals surface area contributed by atoms with Crippen molar-refractivity contribution in [3.63, 3.8) is 0 Å². The Morgan fingerprint density at radius 1 is 1.10 bits per heavy atom. The van der Waals surface area contributed by atoms with E-state index in [1.807, 2.05) is 6.92 Å². The zero-order chi connectivity index (χ0) is 14.3. The minimum atomic E-state index is 0.281. The molecule has 2 aliphatic rings. The summed E-state index contributed by atoms with van der Waals surface area (Å²) in [7, 11) is 0. The Hall–Kier alpha value is -1.32. The fraction of sp³-hybridized carbons (Fsp3) is 0.750. The van der Waals surface area contributed by atoms with Gasteiger partial charge in [-0.15, -0.1) is 0 Å². The van der Waals surface area contributed by atoms with Crippen molar-refractivity contribution in [2.45, 2.75) is 71.3 Å². The summed E-state index contributed by atoms with van der Waals surface area (Å²) in [5.74, 6) is 2.67. The summed E-state index contributed by atoms with van der Waals surface area (Å²) in [4.78, 5) is 9.01. The summed E-state index contributed by atoms with van der Waals surface area (Å²) in [6, 6.07) is 0. The van der Waals surface area contributed by atoms with Crippen LogP contribution < -0.4 is 10.5 Å². The van der Waals surface area contributed by atoms with Gasteiger partial charge in [0.25, 0.3) is 0 Å². The van der Waals surface area contributed by atoms with Crippen LogP contribution in [0.1, 0.15) is 69.7 Å². The summed E-state index contributed by atoms with van der Waals surface area (Å²) >= 11 is 0. The lowest BCUT2D eigenvalue weighted by atomic mass is 9.76. The maximum Gasteiger partial charge on any atom is 0.222 e. The summed E-state index contributed by atoms with van der Waals surface area (Å²) < 4.78 is 6.15. The highest BCUT2D eigenvalue weighted by atomic mass is 16.5. The van der Waals surface area contributed by atoms with Crippen LogP contribution in [0.3, 0.4) is 0 Å². The topological polar surface area (TPSA) is 61.0 Å². The fourth-order valence-electron chi connectivity index (χ4n) is 2.82. The Bertz CT molecular complexity index is 499. The zero-order valence-electron chi connectivity index (χ0n) is 12.8. The van der Waals surface area contributed by atoms with Gasteiger partial charge >= 0.3 is 0 Å². The van der Waals surface area contributed by atoms with Crippen LogP contribution in [0, 0.1) is 12.3 Å². The third-order valence-electron chi connectivity index (χ3n) is 4.66. The van der Waals surface area contributed by atoms with Crippen molar-refractivity contribution in [2.75, 3.05) is 5.73 Å². The molecule has 0 aliphatic heterocycles. The van der Waals surface area contributed by atoms with Gasteiger partial charge in [-0.25, -0.2) is 4.98 Å². The number of hydrogen-bond acceptors (Lipinski definition) is 4. The van der Waals surface area contributed by atoms with Crippen LogP contribution in [0.5, 0.6) is 5.88 Å². The number of hydrogen-bond donors (Lipinski definition) is 1. The van der Waals surface area contributed by atoms with Crippen LogP contribution in [0.25, 0.3) is 0 Å². The van der Waals surface area contributed by atoms with Crippen LogP contribution in [0.4, 0.5) is 5.82 Å². The molecule has 0 unspecified atom stereocenters. The molecule has 2 N–H and O–H groups in total. The van der Waals surface area contributed by atoms with Gasteiger partial charge in [-0.1, -0.05) is 13.8 Å². The first-order chi connectivity index (χ1) is 9.44. The zero-order valence-corrected chi connectivity index (χ0v) is 12.8. The first-order valence-electron chi connectivity index (χ1n) is 7.75. The smallest absolute Gasteiger partial charge is 0.222 e. The van der Waals surface area contributed by atoms with E-state index in [4.69, 9.17) is 10.5 Å². The minimum Gasteiger partial charge on any atom is -0.474 e. The molecule has 1 aromatic rings. The van der Waals surface area contributed by atoms with Gasteiger partial charge in [0.15, 0.2) is 0 Å². The van der Waals surface area contributed by atoms with Crippen LogP contribution >= 0.6 is 0 Å². The standard InChI is InChI=1S/C16H25N3O/c1-10-13(17)18-14(11-4-5-11)19-15(10)20-12-6-8-16(2,3)9-7-12/h11-12H,4-9H2,1-3H3,(H2,17,18,19). The normalized spacial score (nSPS) is 22.8. The molecule has 20 heavy (non-hydrogen) atoms. The largest absolute Gasteiger partial charge is 0.474 e. The van der Waals surface area contributed by atoms with Gasteiger partial charge in [0.1, 0.15) is 17.7 Å². The monoisotopic (exact) mass is 275 g/mol. The van der Waals surface area contributed by atoms with Gasteiger partial charge in [-0.3, -0.25) is 0 Å². The number of nitrogens with zero attached hydrogens (tertiary/aromatic N) is 2. The highest BCUT2D eigenvalue weighted by molar-refractivity contribution is 5.45. The molecule has 0 aromatic carbocycles. The molecule has 0 saturated heterocycles. The predicted octanol–water partition coefficient (Wildman–Crippen LogP) is 3.59. The van der Waals surface area contributed by atoms with Crippen molar-refractivity contribution in [1.82, 2.24) is 9.97 Å². The fourth-order valence-corrected chi connectivity index (χ4v) is 2.82. The Kier molecular flexibility index (Phi) is 3.35. The Morgan fingerprint density at radius 3 is 2.35 bits per heavy atom. The molecule has 3 rings (SSSR count). The van der Waals surface area contributed by atoms with Gasteiger partial charge in [0, 0.05) is 5.92 Å². The summed E-state index contributed by atoms with van der Waals surface area (Å²) in [6.45, 7) is 6.62. The lowest BCUT2D eigenvalue weighted by Gasteiger charge is -2.34. The second kappa shape index (κ2) is 4.90. The first kappa shape index (κ1) is 13.7. The summed E-state index contributed by atoms with van der Waals surface area (Å²) in [5, 5.41) is 0. The van der Waals surface area contributed by atoms with Crippen molar-refractivity contribution in [3.05, 3.63) is 11.4 Å². The molecule has 2 aliphatic carbocycles. The summed E-state index contributed by atoms with van der Waals surface area (Å²) in [5.41, 5.74) is 7.35. The molecule has 0 amide bonds. The molecular formula is C16H25N3O. The third kappa shape index (κ3) is 2.89.